The molecule has 0 aromatic carbocycles. The largest absolute Gasteiger partial charge is 0.466 e. The molecule has 0 spiro atoms. The van der Waals surface area contributed by atoms with Gasteiger partial charge in [0.15, 0.2) is 0 Å². The van der Waals surface area contributed by atoms with E-state index in [0.717, 1.165) is 44.9 Å². The van der Waals surface area contributed by atoms with Gasteiger partial charge >= 0.3 is 5.97 Å². The highest BCUT2D eigenvalue weighted by atomic mass is 16.5. The Balaban J connectivity index is 3.39. The van der Waals surface area contributed by atoms with E-state index in [1.165, 1.54) is 379 Å². The summed E-state index contributed by atoms with van der Waals surface area (Å²) in [5.41, 5.74) is 0. The number of hydrogen-bond acceptors (Lipinski definition) is 5. The van der Waals surface area contributed by atoms with E-state index < -0.39 is 12.1 Å². The maximum Gasteiger partial charge on any atom is 0.305 e. The number of ether oxygens (including phenoxy) is 1. The topological polar surface area (TPSA) is 95.9 Å². The Hall–Kier alpha value is -1.92. The highest BCUT2D eigenvalue weighted by Gasteiger charge is 2.18. The number of aliphatic hydroxyl groups excluding tert-OH is 2. The molecule has 6 heteroatoms. The van der Waals surface area contributed by atoms with E-state index in [0.29, 0.717) is 19.4 Å². The number of nitrogens with one attached hydrogen (secondary N) is 1. The van der Waals surface area contributed by atoms with Crippen LogP contribution in [0.1, 0.15) is 450 Å². The third-order valence-electron chi connectivity index (χ3n) is 18.9. The number of allylic oxidation sites excluding steroid dienone is 5. The second kappa shape index (κ2) is 77.5. The van der Waals surface area contributed by atoms with Crippen molar-refractivity contribution in [3.8, 4) is 0 Å². The Bertz CT molecular complexity index is 1430. The van der Waals surface area contributed by atoms with Gasteiger partial charge in [-0.2, -0.15) is 0 Å². The van der Waals surface area contributed by atoms with E-state index in [4.69, 9.17) is 4.74 Å². The van der Waals surface area contributed by atoms with Crippen molar-refractivity contribution in [2.45, 2.75) is 463 Å². The van der Waals surface area contributed by atoms with Crippen LogP contribution < -0.4 is 5.32 Å². The maximum atomic E-state index is 12.6. The molecule has 2 atom stereocenters. The van der Waals surface area contributed by atoms with Crippen molar-refractivity contribution >= 4 is 11.9 Å². The summed E-state index contributed by atoms with van der Waals surface area (Å²) in [7, 11) is 0. The maximum absolute atomic E-state index is 12.6. The van der Waals surface area contributed by atoms with Crippen LogP contribution in [0.3, 0.4) is 0 Å². The van der Waals surface area contributed by atoms with E-state index in [-0.39, 0.29) is 18.5 Å². The predicted molar refractivity (Wildman–Crippen MR) is 389 cm³/mol. The first-order valence-corrected chi connectivity index (χ1v) is 40.3. The first kappa shape index (κ1) is 86.1. The third kappa shape index (κ3) is 73.1. The average molecular weight is 1240 g/mol. The molecule has 1 amide bonds. The monoisotopic (exact) mass is 1240 g/mol. The molecule has 88 heavy (non-hydrogen) atoms. The molecule has 0 aliphatic heterocycles. The lowest BCUT2D eigenvalue weighted by molar-refractivity contribution is -0.143. The molecule has 0 aliphatic rings. The van der Waals surface area contributed by atoms with Gasteiger partial charge in [0, 0.05) is 12.8 Å². The molecule has 6 nitrogen and oxygen atoms in total. The second-order valence-electron chi connectivity index (χ2n) is 27.7. The predicted octanol–water partition coefficient (Wildman–Crippen LogP) is 26.6. The summed E-state index contributed by atoms with van der Waals surface area (Å²) in [5, 5.41) is 23.3. The van der Waals surface area contributed by atoms with Gasteiger partial charge in [0.1, 0.15) is 0 Å². The molecular formula is C82H157NO5. The molecule has 0 aromatic heterocycles. The normalized spacial score (nSPS) is 12.6. The smallest absolute Gasteiger partial charge is 0.305 e. The van der Waals surface area contributed by atoms with Crippen molar-refractivity contribution < 1.29 is 24.5 Å². The van der Waals surface area contributed by atoms with Crippen LogP contribution >= 0.6 is 0 Å². The Labute approximate surface area is 551 Å². The molecule has 0 saturated heterocycles. The molecule has 0 bridgehead atoms. The van der Waals surface area contributed by atoms with Crippen LogP contribution in [0.5, 0.6) is 0 Å². The number of carbonyl (C=O) groups is 2. The SMILES string of the molecule is CCCCCCCCC/C=C\CCCCCCCC(=O)OCCCCCCCCCCCCCC/C=C\CCCCCCCCCCCCCCCCC(=O)NC(CO)C(O)/C=C/CCCCCCCCCCCCCCCCCCCCCCCCC. The Morgan fingerprint density at radius 1 is 0.307 bits per heavy atom. The summed E-state index contributed by atoms with van der Waals surface area (Å²) in [4.78, 5) is 24.7. The van der Waals surface area contributed by atoms with Gasteiger partial charge in [-0.05, 0) is 83.5 Å². The highest BCUT2D eigenvalue weighted by molar-refractivity contribution is 5.76. The van der Waals surface area contributed by atoms with Crippen molar-refractivity contribution in [1.82, 2.24) is 5.32 Å². The number of esters is 1. The third-order valence-corrected chi connectivity index (χ3v) is 18.9. The molecular weight excluding hydrogens is 1080 g/mol. The summed E-state index contributed by atoms with van der Waals surface area (Å²) in [6.07, 6.45) is 101. The zero-order valence-electron chi connectivity index (χ0n) is 59.7. The van der Waals surface area contributed by atoms with Crippen molar-refractivity contribution in [2.75, 3.05) is 13.2 Å². The van der Waals surface area contributed by atoms with Crippen LogP contribution in [-0.2, 0) is 14.3 Å². The lowest BCUT2D eigenvalue weighted by Gasteiger charge is -2.20. The van der Waals surface area contributed by atoms with E-state index in [2.05, 4.69) is 43.5 Å². The molecule has 0 heterocycles. The van der Waals surface area contributed by atoms with Crippen molar-refractivity contribution in [3.63, 3.8) is 0 Å². The fraction of sp³-hybridized carbons (Fsp3) is 0.902. The molecule has 3 N–H and O–H groups in total. The molecule has 0 fully saturated rings. The fourth-order valence-electron chi connectivity index (χ4n) is 12.7. The van der Waals surface area contributed by atoms with Crippen LogP contribution in [0.4, 0.5) is 0 Å². The van der Waals surface area contributed by atoms with Gasteiger partial charge < -0.3 is 20.3 Å². The zero-order valence-corrected chi connectivity index (χ0v) is 59.7. The van der Waals surface area contributed by atoms with Gasteiger partial charge in [-0.3, -0.25) is 9.59 Å². The summed E-state index contributed by atoms with van der Waals surface area (Å²) in [6.45, 7) is 4.95. The summed E-state index contributed by atoms with van der Waals surface area (Å²) >= 11 is 0. The van der Waals surface area contributed by atoms with Crippen molar-refractivity contribution in [2.24, 2.45) is 0 Å². The Kier molecular flexibility index (Phi) is 75.8. The van der Waals surface area contributed by atoms with E-state index in [1.54, 1.807) is 6.08 Å². The minimum atomic E-state index is -0.846. The number of aliphatic hydroxyl groups is 2. The van der Waals surface area contributed by atoms with Crippen LogP contribution in [0.2, 0.25) is 0 Å². The average Bonchev–Trinajstić information content (AvgIpc) is 3.58. The second-order valence-corrected chi connectivity index (χ2v) is 27.7. The zero-order chi connectivity index (χ0) is 63.5. The molecule has 0 aliphatic carbocycles. The number of amides is 1. The van der Waals surface area contributed by atoms with E-state index >= 15 is 0 Å². The first-order chi connectivity index (χ1) is 43.5. The van der Waals surface area contributed by atoms with E-state index in [9.17, 15) is 19.8 Å². The number of hydrogen-bond donors (Lipinski definition) is 3. The first-order valence-electron chi connectivity index (χ1n) is 40.3. The van der Waals surface area contributed by atoms with Crippen LogP contribution in [0.25, 0.3) is 0 Å². The lowest BCUT2D eigenvalue weighted by atomic mass is 10.0. The van der Waals surface area contributed by atoms with Gasteiger partial charge in [0.2, 0.25) is 5.91 Å². The Morgan fingerprint density at radius 2 is 0.534 bits per heavy atom. The summed E-state index contributed by atoms with van der Waals surface area (Å²) in [6, 6.07) is -0.629. The van der Waals surface area contributed by atoms with Gasteiger partial charge in [-0.1, -0.05) is 391 Å². The fourth-order valence-corrected chi connectivity index (χ4v) is 12.7. The van der Waals surface area contributed by atoms with E-state index in [1.807, 2.05) is 6.08 Å². The quantitative estimate of drug-likeness (QED) is 0.0320. The van der Waals surface area contributed by atoms with Gasteiger partial charge in [0.05, 0.1) is 25.4 Å². The van der Waals surface area contributed by atoms with Gasteiger partial charge in [-0.25, -0.2) is 0 Å². The standard InChI is InChI=1S/C82H157NO5/c1-3-5-7-9-11-13-15-17-19-21-22-23-24-31-34-37-40-43-46-50-54-58-62-66-70-74-80(85)79(78-84)83-81(86)75-71-67-63-59-55-51-47-44-41-38-35-32-29-27-25-26-28-30-33-36-39-42-45-49-53-57-61-65-69-73-77-88-82(87)76-72-68-64-60-56-52-48-20-18-16-14-12-10-8-6-4-2/h20,26,28,48,70,74,79-80,84-85H,3-19,21-25,27,29-47,49-69,71-73,75-78H2,1-2H3,(H,83,86)/b28-26-,48-20-,74-70+. The van der Waals surface area contributed by atoms with Crippen LogP contribution in [0.15, 0.2) is 36.5 Å². The molecule has 0 rings (SSSR count). The Morgan fingerprint density at radius 3 is 0.807 bits per heavy atom. The number of carbonyl (C=O) groups excluding carboxylic acids is 2. The van der Waals surface area contributed by atoms with Crippen LogP contribution in [0, 0.1) is 0 Å². The molecule has 520 valence electrons. The van der Waals surface area contributed by atoms with Crippen molar-refractivity contribution in [1.29, 1.82) is 0 Å². The highest BCUT2D eigenvalue weighted by Crippen LogP contribution is 2.20. The number of unbranched alkanes of at least 4 members (excludes halogenated alkanes) is 61. The summed E-state index contributed by atoms with van der Waals surface area (Å²) < 4.78 is 5.50. The lowest BCUT2D eigenvalue weighted by Crippen LogP contribution is -2.45. The number of rotatable bonds is 76. The minimum Gasteiger partial charge on any atom is -0.466 e. The van der Waals surface area contributed by atoms with Crippen molar-refractivity contribution in [3.05, 3.63) is 36.5 Å². The van der Waals surface area contributed by atoms with Gasteiger partial charge in [-0.15, -0.1) is 0 Å². The summed E-state index contributed by atoms with van der Waals surface area (Å²) in [5.74, 6) is -0.0512. The molecule has 0 radical (unpaired) electrons. The molecule has 0 aromatic rings. The molecule has 0 saturated carbocycles. The van der Waals surface area contributed by atoms with Gasteiger partial charge in [0.25, 0.3) is 0 Å². The van der Waals surface area contributed by atoms with Crippen LogP contribution in [-0.4, -0.2) is 47.4 Å². The minimum absolute atomic E-state index is 0.0103. The molecule has 2 unspecified atom stereocenters.